The number of rotatable bonds is 5. The lowest BCUT2D eigenvalue weighted by Crippen LogP contribution is -2.43. The number of hydrogen-bond donors (Lipinski definition) is 1. The highest BCUT2D eigenvalue weighted by atomic mass is 16.5. The second-order valence-corrected chi connectivity index (χ2v) is 9.08. The first-order valence-electron chi connectivity index (χ1n) is 12.1. The Morgan fingerprint density at radius 1 is 1.23 bits per heavy atom. The lowest BCUT2D eigenvalue weighted by molar-refractivity contribution is 0.0263. The summed E-state index contributed by atoms with van der Waals surface area (Å²) < 4.78 is 11.8. The molecule has 0 spiro atoms. The van der Waals surface area contributed by atoms with Gasteiger partial charge in [-0.3, -0.25) is 4.98 Å². The molecule has 1 atom stereocenters. The van der Waals surface area contributed by atoms with E-state index in [0.29, 0.717) is 32.7 Å². The van der Waals surface area contributed by atoms with Crippen molar-refractivity contribution in [3.8, 4) is 17.0 Å². The fourth-order valence-electron chi connectivity index (χ4n) is 5.07. The predicted molar refractivity (Wildman–Crippen MR) is 136 cm³/mol. The molecule has 5 rings (SSSR count). The highest BCUT2D eigenvalue weighted by Gasteiger charge is 2.32. The number of benzene rings is 2. The van der Waals surface area contributed by atoms with Crippen molar-refractivity contribution in [2.45, 2.75) is 39.0 Å². The Labute approximate surface area is 206 Å². The maximum atomic E-state index is 12.7. The Kier molecular flexibility index (Phi) is 6.55. The molecule has 1 aromatic heterocycles. The van der Waals surface area contributed by atoms with E-state index in [1.807, 2.05) is 29.2 Å². The molecule has 0 saturated carbocycles. The van der Waals surface area contributed by atoms with Crippen LogP contribution >= 0.6 is 0 Å². The van der Waals surface area contributed by atoms with Gasteiger partial charge in [-0.1, -0.05) is 36.4 Å². The highest BCUT2D eigenvalue weighted by Crippen LogP contribution is 2.40. The molecule has 6 nitrogen and oxygen atoms in total. The minimum atomic E-state index is -0.0711. The molecule has 1 N–H and O–H groups in total. The van der Waals surface area contributed by atoms with Gasteiger partial charge < -0.3 is 19.7 Å². The number of hydrogen-bond acceptors (Lipinski definition) is 4. The molecule has 0 unspecified atom stereocenters. The Morgan fingerprint density at radius 3 is 2.80 bits per heavy atom. The number of aromatic nitrogens is 1. The molecule has 2 amide bonds. The number of nitrogens with one attached hydrogen (secondary N) is 1. The zero-order valence-electron chi connectivity index (χ0n) is 20.3. The van der Waals surface area contributed by atoms with Gasteiger partial charge in [0.1, 0.15) is 5.75 Å². The van der Waals surface area contributed by atoms with Crippen molar-refractivity contribution < 1.29 is 14.3 Å². The van der Waals surface area contributed by atoms with E-state index in [2.05, 4.69) is 43.1 Å². The summed E-state index contributed by atoms with van der Waals surface area (Å²) in [6, 6.07) is 16.4. The van der Waals surface area contributed by atoms with Crippen LogP contribution in [0.4, 0.5) is 4.79 Å². The van der Waals surface area contributed by atoms with Crippen molar-refractivity contribution in [2.24, 2.45) is 0 Å². The van der Waals surface area contributed by atoms with Gasteiger partial charge in [0, 0.05) is 43.7 Å². The van der Waals surface area contributed by atoms with Crippen molar-refractivity contribution in [1.29, 1.82) is 0 Å². The van der Waals surface area contributed by atoms with Crippen molar-refractivity contribution >= 4 is 6.03 Å². The van der Waals surface area contributed by atoms with Crippen LogP contribution in [0, 0.1) is 6.92 Å². The third-order valence-corrected chi connectivity index (χ3v) is 6.94. The number of fused-ring (bicyclic) bond motifs is 3. The van der Waals surface area contributed by atoms with Crippen molar-refractivity contribution in [2.75, 3.05) is 20.2 Å². The monoisotopic (exact) mass is 469 g/mol. The minimum absolute atomic E-state index is 0.0311. The van der Waals surface area contributed by atoms with Crippen LogP contribution in [0.15, 0.2) is 61.2 Å². The summed E-state index contributed by atoms with van der Waals surface area (Å²) in [5, 5.41) is 2.90. The molecule has 3 heterocycles. The second-order valence-electron chi connectivity index (χ2n) is 9.08. The summed E-state index contributed by atoms with van der Waals surface area (Å²) in [5.41, 5.74) is 9.00. The number of urea groups is 1. The quantitative estimate of drug-likeness (QED) is 0.526. The lowest BCUT2D eigenvalue weighted by Gasteiger charge is -2.35. The first-order chi connectivity index (χ1) is 17.1. The summed E-state index contributed by atoms with van der Waals surface area (Å²) in [4.78, 5) is 19.8. The molecule has 0 aliphatic carbocycles. The number of pyridine rings is 1. The Hall–Kier alpha value is -3.64. The summed E-state index contributed by atoms with van der Waals surface area (Å²) in [6.07, 6.45) is 3.12. The van der Waals surface area contributed by atoms with Gasteiger partial charge in [-0.15, -0.1) is 6.58 Å². The number of amides is 2. The smallest absolute Gasteiger partial charge is 0.317 e. The average Bonchev–Trinajstić information content (AvgIpc) is 2.91. The average molecular weight is 470 g/mol. The Balaban J connectivity index is 1.58. The van der Waals surface area contributed by atoms with Crippen LogP contribution in [0.5, 0.6) is 5.75 Å². The molecular formula is C29H31N3O3. The second kappa shape index (κ2) is 9.92. The number of aryl methyl sites for hydroxylation is 1. The maximum Gasteiger partial charge on any atom is 0.317 e. The van der Waals surface area contributed by atoms with E-state index in [1.54, 1.807) is 13.2 Å². The van der Waals surface area contributed by atoms with Crippen LogP contribution in [0.1, 0.15) is 39.6 Å². The molecule has 6 heteroatoms. The number of carbonyl (C=O) groups is 1. The first-order valence-corrected chi connectivity index (χ1v) is 12.1. The fourth-order valence-corrected chi connectivity index (χ4v) is 5.07. The Bertz CT molecular complexity index is 1260. The largest absolute Gasteiger partial charge is 0.497 e. The van der Waals surface area contributed by atoms with Crippen LogP contribution in [0.25, 0.3) is 11.3 Å². The molecule has 0 fully saturated rings. The van der Waals surface area contributed by atoms with Crippen LogP contribution in [-0.2, 0) is 30.7 Å². The molecule has 2 aliphatic rings. The summed E-state index contributed by atoms with van der Waals surface area (Å²) in [5.74, 6) is 0.838. The van der Waals surface area contributed by atoms with Gasteiger partial charge in [0.05, 0.1) is 25.5 Å². The first kappa shape index (κ1) is 23.1. The summed E-state index contributed by atoms with van der Waals surface area (Å²) in [6.45, 7) is 7.92. The van der Waals surface area contributed by atoms with Gasteiger partial charge in [-0.05, 0) is 52.9 Å². The van der Waals surface area contributed by atoms with Crippen molar-refractivity contribution in [3.63, 3.8) is 0 Å². The van der Waals surface area contributed by atoms with Crippen LogP contribution in [0.2, 0.25) is 0 Å². The summed E-state index contributed by atoms with van der Waals surface area (Å²) >= 11 is 0. The number of nitrogens with zero attached hydrogens (tertiary/aromatic N) is 2. The van der Waals surface area contributed by atoms with Crippen molar-refractivity contribution in [1.82, 2.24) is 15.2 Å². The highest BCUT2D eigenvalue weighted by molar-refractivity contribution is 5.75. The molecule has 2 aromatic carbocycles. The number of methoxy groups -OCH3 is 1. The van der Waals surface area contributed by atoms with E-state index in [0.717, 1.165) is 40.2 Å². The fraction of sp³-hybridized carbons (Fsp3) is 0.310. The van der Waals surface area contributed by atoms with Gasteiger partial charge in [-0.25, -0.2) is 4.79 Å². The molecule has 35 heavy (non-hydrogen) atoms. The molecule has 0 bridgehead atoms. The van der Waals surface area contributed by atoms with Crippen LogP contribution in [-0.4, -0.2) is 36.1 Å². The van der Waals surface area contributed by atoms with Crippen LogP contribution in [0.3, 0.4) is 0 Å². The van der Waals surface area contributed by atoms with E-state index in [-0.39, 0.29) is 12.1 Å². The van der Waals surface area contributed by atoms with Gasteiger partial charge in [-0.2, -0.15) is 0 Å². The molecular weight excluding hydrogens is 438 g/mol. The van der Waals surface area contributed by atoms with Crippen molar-refractivity contribution in [3.05, 3.63) is 94.7 Å². The lowest BCUT2D eigenvalue weighted by atomic mass is 9.86. The van der Waals surface area contributed by atoms with Crippen LogP contribution < -0.4 is 10.1 Å². The number of carbonyl (C=O) groups excluding carboxylic acids is 1. The van der Waals surface area contributed by atoms with Gasteiger partial charge in [0.15, 0.2) is 0 Å². The van der Waals surface area contributed by atoms with E-state index in [1.165, 1.54) is 16.7 Å². The van der Waals surface area contributed by atoms with E-state index in [4.69, 9.17) is 14.5 Å². The molecule has 2 aliphatic heterocycles. The minimum Gasteiger partial charge on any atom is -0.497 e. The zero-order chi connectivity index (χ0) is 24.4. The standard InChI is InChI=1S/C29H31N3O3/c1-4-13-30-29(33)32-14-12-26-24(17-32)25-18-35-27(20-8-6-5-7-9-20)16-23(25)28(31-26)22-11-10-21(34-3)15-19(22)2/h4-11,15,27H,1,12-14,16-18H2,2-3H3,(H,30,33)/t27-/m1/s1. The molecule has 3 aromatic rings. The van der Waals surface area contributed by atoms with Gasteiger partial charge >= 0.3 is 6.03 Å². The van der Waals surface area contributed by atoms with Gasteiger partial charge in [0.25, 0.3) is 0 Å². The topological polar surface area (TPSA) is 63.7 Å². The Morgan fingerprint density at radius 2 is 2.06 bits per heavy atom. The van der Waals surface area contributed by atoms with E-state index in [9.17, 15) is 4.79 Å². The third kappa shape index (κ3) is 4.54. The molecule has 180 valence electrons. The normalized spacial score (nSPS) is 16.7. The summed E-state index contributed by atoms with van der Waals surface area (Å²) in [7, 11) is 1.69. The maximum absolute atomic E-state index is 12.7. The molecule has 0 saturated heterocycles. The predicted octanol–water partition coefficient (Wildman–Crippen LogP) is 5.13. The zero-order valence-corrected chi connectivity index (χ0v) is 20.3. The van der Waals surface area contributed by atoms with Gasteiger partial charge in [0.2, 0.25) is 0 Å². The number of ether oxygens (including phenoxy) is 2. The molecule has 0 radical (unpaired) electrons. The van der Waals surface area contributed by atoms with E-state index >= 15 is 0 Å². The van der Waals surface area contributed by atoms with E-state index < -0.39 is 0 Å². The SMILES string of the molecule is C=CCNC(=O)N1CCc2nc(-c3ccc(OC)cc3C)c3c(c2C1)CO[C@@H](c1ccccc1)C3. The third-order valence-electron chi connectivity index (χ3n) is 6.94.